The van der Waals surface area contributed by atoms with Crippen molar-refractivity contribution in [1.29, 1.82) is 0 Å². The van der Waals surface area contributed by atoms with Gasteiger partial charge in [-0.3, -0.25) is 19.2 Å². The van der Waals surface area contributed by atoms with E-state index in [0.29, 0.717) is 22.2 Å². The first kappa shape index (κ1) is 31.2. The summed E-state index contributed by atoms with van der Waals surface area (Å²) in [6.45, 7) is 3.60. The van der Waals surface area contributed by atoms with E-state index in [0.717, 1.165) is 11.1 Å². The number of nitrogens with one attached hydrogen (secondary N) is 1. The van der Waals surface area contributed by atoms with E-state index >= 15 is 0 Å². The molecule has 4 aliphatic heterocycles. The number of aliphatic hydroxyl groups excluding tert-OH is 1. The highest BCUT2D eigenvalue weighted by molar-refractivity contribution is 9.11. The van der Waals surface area contributed by atoms with Gasteiger partial charge >= 0.3 is 5.97 Å². The fourth-order valence-corrected chi connectivity index (χ4v) is 7.74. The lowest BCUT2D eigenvalue weighted by molar-refractivity contribution is -0.159. The Morgan fingerprint density at radius 3 is 2.58 bits per heavy atom. The summed E-state index contributed by atoms with van der Waals surface area (Å²) in [5.74, 6) is -3.82. The standard InChI is InChI=1S/C34H36BrN3O7/c1-20-12-13-21(2)24(17-20)37-14-8-4-7-11-26(40)36-19-25(22-9-5-3-6-10-22)44-33(43)27-28-31(41)38(15-16-39)30(32(37)42)34(28)18-23(35)29(27)45-34/h3-6,8-10,12-13,17-18,25,27-30,39H,7,11,14-16,19H2,1-2H3,(H,36,40)/b8-4-/t25-,27-,28+,29-,30-,34+/m0/s1. The molecule has 2 saturated heterocycles. The second-order valence-corrected chi connectivity index (χ2v) is 12.9. The molecule has 6 rings (SSSR count). The Hall–Kier alpha value is -3.80. The van der Waals surface area contributed by atoms with Gasteiger partial charge in [0, 0.05) is 29.7 Å². The van der Waals surface area contributed by atoms with Crippen LogP contribution in [-0.4, -0.2) is 77.7 Å². The van der Waals surface area contributed by atoms with Gasteiger partial charge in [-0.1, -0.05) is 70.5 Å². The number of allylic oxidation sites excluding steroid dienone is 1. The molecule has 0 radical (unpaired) electrons. The fourth-order valence-electron chi connectivity index (χ4n) is 7.00. The van der Waals surface area contributed by atoms with Crippen molar-refractivity contribution in [2.24, 2.45) is 11.8 Å². The maximum atomic E-state index is 14.8. The Morgan fingerprint density at radius 1 is 1.04 bits per heavy atom. The molecule has 10 nitrogen and oxygen atoms in total. The number of amides is 3. The maximum absolute atomic E-state index is 14.8. The lowest BCUT2D eigenvalue weighted by atomic mass is 9.74. The summed E-state index contributed by atoms with van der Waals surface area (Å²) < 4.78 is 13.2. The van der Waals surface area contributed by atoms with Gasteiger partial charge in [-0.2, -0.15) is 0 Å². The smallest absolute Gasteiger partial charge is 0.313 e. The number of aliphatic hydroxyl groups is 1. The van der Waals surface area contributed by atoms with Gasteiger partial charge in [0.1, 0.15) is 29.8 Å². The molecule has 2 aromatic carbocycles. The van der Waals surface area contributed by atoms with Gasteiger partial charge < -0.3 is 29.7 Å². The zero-order chi connectivity index (χ0) is 31.9. The van der Waals surface area contributed by atoms with Crippen LogP contribution in [0.2, 0.25) is 0 Å². The van der Waals surface area contributed by atoms with Crippen LogP contribution in [0.1, 0.15) is 35.6 Å². The minimum atomic E-state index is -1.46. The van der Waals surface area contributed by atoms with Crippen LogP contribution in [0, 0.1) is 25.7 Å². The highest BCUT2D eigenvalue weighted by Crippen LogP contribution is 2.59. The predicted octanol–water partition coefficient (Wildman–Crippen LogP) is 3.25. The van der Waals surface area contributed by atoms with Gasteiger partial charge in [-0.05, 0) is 49.1 Å². The number of likely N-dealkylation sites (tertiary alicyclic amines) is 1. The number of hydrogen-bond donors (Lipinski definition) is 2. The Morgan fingerprint density at radius 2 is 1.82 bits per heavy atom. The largest absolute Gasteiger partial charge is 0.455 e. The second-order valence-electron chi connectivity index (χ2n) is 12.0. The van der Waals surface area contributed by atoms with Gasteiger partial charge in [-0.15, -0.1) is 0 Å². The molecule has 236 valence electrons. The van der Waals surface area contributed by atoms with Crippen LogP contribution in [0.25, 0.3) is 0 Å². The first-order chi connectivity index (χ1) is 21.7. The first-order valence-corrected chi connectivity index (χ1v) is 16.0. The molecule has 11 heteroatoms. The number of aryl methyl sites for hydroxylation is 2. The fraction of sp³-hybridized carbons (Fsp3) is 0.412. The molecule has 0 unspecified atom stereocenters. The topological polar surface area (TPSA) is 125 Å². The maximum Gasteiger partial charge on any atom is 0.313 e. The SMILES string of the molecule is Cc1ccc(C)c(N2C/C=C\CCC(=O)NC[C@@H](c3ccccc3)OC(=O)[C@@H]3[C@H]4O[C@@]5(C=C4Br)[C@H](C2=O)N(CCO)C(=O)[C@@H]35)c1. The van der Waals surface area contributed by atoms with Crippen LogP contribution in [0.3, 0.4) is 0 Å². The number of cyclic esters (lactones) is 1. The van der Waals surface area contributed by atoms with Gasteiger partial charge in [0.25, 0.3) is 5.91 Å². The van der Waals surface area contributed by atoms with E-state index in [-0.39, 0.29) is 38.6 Å². The van der Waals surface area contributed by atoms with Crippen LogP contribution < -0.4 is 10.2 Å². The predicted molar refractivity (Wildman–Crippen MR) is 169 cm³/mol. The number of rotatable bonds is 4. The number of benzene rings is 2. The van der Waals surface area contributed by atoms with E-state index in [9.17, 15) is 24.3 Å². The molecule has 2 aromatic rings. The summed E-state index contributed by atoms with van der Waals surface area (Å²) in [4.78, 5) is 58.8. The minimum absolute atomic E-state index is 0.0511. The monoisotopic (exact) mass is 677 g/mol. The molecule has 45 heavy (non-hydrogen) atoms. The van der Waals surface area contributed by atoms with Crippen molar-refractivity contribution in [1.82, 2.24) is 10.2 Å². The average molecular weight is 679 g/mol. The third-order valence-electron chi connectivity index (χ3n) is 9.10. The summed E-state index contributed by atoms with van der Waals surface area (Å²) in [7, 11) is 0. The van der Waals surface area contributed by atoms with Crippen molar-refractivity contribution < 1.29 is 33.8 Å². The molecular formula is C34H36BrN3O7. The number of β-amino-alcohol motifs (C(OH)–C–C–N with tert-alkyl or cyclic N) is 1. The zero-order valence-electron chi connectivity index (χ0n) is 25.1. The van der Waals surface area contributed by atoms with Crippen molar-refractivity contribution in [3.8, 4) is 0 Å². The zero-order valence-corrected chi connectivity index (χ0v) is 26.7. The molecule has 1 spiro atoms. The van der Waals surface area contributed by atoms with E-state index in [1.807, 2.05) is 74.5 Å². The first-order valence-electron chi connectivity index (χ1n) is 15.2. The molecule has 3 amide bonds. The van der Waals surface area contributed by atoms with E-state index in [2.05, 4.69) is 21.2 Å². The number of carbonyl (C=O) groups excluding carboxylic acids is 4. The van der Waals surface area contributed by atoms with Crippen LogP contribution >= 0.6 is 15.9 Å². The molecule has 0 aliphatic carbocycles. The molecule has 0 saturated carbocycles. The van der Waals surface area contributed by atoms with Crippen molar-refractivity contribution in [2.75, 3.05) is 31.1 Å². The van der Waals surface area contributed by atoms with Crippen LogP contribution in [0.5, 0.6) is 0 Å². The van der Waals surface area contributed by atoms with Crippen molar-refractivity contribution in [3.05, 3.63) is 87.9 Å². The van der Waals surface area contributed by atoms with Crippen LogP contribution in [0.4, 0.5) is 5.69 Å². The number of halogens is 1. The number of carbonyl (C=O) groups is 4. The summed E-state index contributed by atoms with van der Waals surface area (Å²) in [6, 6.07) is 13.8. The summed E-state index contributed by atoms with van der Waals surface area (Å²) in [5, 5.41) is 12.9. The average Bonchev–Trinajstić information content (AvgIpc) is 3.61. The Balaban J connectivity index is 1.46. The molecule has 4 aliphatic rings. The van der Waals surface area contributed by atoms with Gasteiger partial charge in [0.2, 0.25) is 11.8 Å². The summed E-state index contributed by atoms with van der Waals surface area (Å²) in [5.41, 5.74) is 1.72. The third-order valence-corrected chi connectivity index (χ3v) is 9.78. The number of ether oxygens (including phenoxy) is 2. The molecule has 2 fully saturated rings. The molecule has 4 heterocycles. The Bertz CT molecular complexity index is 1580. The van der Waals surface area contributed by atoms with Crippen LogP contribution in [0.15, 0.2) is 71.2 Å². The Labute approximate surface area is 270 Å². The molecular weight excluding hydrogens is 642 g/mol. The Kier molecular flexibility index (Phi) is 8.69. The van der Waals surface area contributed by atoms with Crippen molar-refractivity contribution in [2.45, 2.75) is 50.5 Å². The van der Waals surface area contributed by atoms with Gasteiger partial charge in [0.05, 0.1) is 19.1 Å². The summed E-state index contributed by atoms with van der Waals surface area (Å²) >= 11 is 3.56. The van der Waals surface area contributed by atoms with Crippen LogP contribution in [-0.2, 0) is 28.7 Å². The molecule has 6 atom stereocenters. The van der Waals surface area contributed by atoms with E-state index in [1.165, 1.54) is 4.90 Å². The van der Waals surface area contributed by atoms with E-state index < -0.39 is 53.5 Å². The number of nitrogens with zero attached hydrogens (tertiary/aromatic N) is 2. The van der Waals surface area contributed by atoms with Gasteiger partial charge in [-0.25, -0.2) is 0 Å². The highest BCUT2D eigenvalue weighted by atomic mass is 79.9. The second kappa shape index (κ2) is 12.5. The number of anilines is 1. The quantitative estimate of drug-likeness (QED) is 0.376. The number of fused-ring (bicyclic) bond motifs is 2. The molecule has 2 N–H and O–H groups in total. The third kappa shape index (κ3) is 5.51. The molecule has 0 aromatic heterocycles. The normalized spacial score (nSPS) is 31.0. The number of hydrogen-bond acceptors (Lipinski definition) is 7. The lowest BCUT2D eigenvalue weighted by Gasteiger charge is -2.36. The lowest BCUT2D eigenvalue weighted by Crippen LogP contribution is -2.56. The van der Waals surface area contributed by atoms with E-state index in [1.54, 1.807) is 11.0 Å². The van der Waals surface area contributed by atoms with Crippen molar-refractivity contribution >= 4 is 45.3 Å². The summed E-state index contributed by atoms with van der Waals surface area (Å²) in [6.07, 6.45) is 4.44. The number of esters is 1. The van der Waals surface area contributed by atoms with E-state index in [4.69, 9.17) is 9.47 Å². The highest BCUT2D eigenvalue weighted by Gasteiger charge is 2.75. The molecule has 5 bridgehead atoms. The minimum Gasteiger partial charge on any atom is -0.455 e. The van der Waals surface area contributed by atoms with Gasteiger partial charge in [0.15, 0.2) is 0 Å². The van der Waals surface area contributed by atoms with Crippen molar-refractivity contribution in [3.63, 3.8) is 0 Å².